The molecule has 2 N–H and O–H groups in total. The fourth-order valence-corrected chi connectivity index (χ4v) is 2.69. The maximum Gasteiger partial charge on any atom is 0.226 e. The largest absolute Gasteiger partial charge is 0.507 e. The lowest BCUT2D eigenvalue weighted by atomic mass is 10.0. The fraction of sp³-hybridized carbons (Fsp3) is 0.0588. The van der Waals surface area contributed by atoms with E-state index < -0.39 is 0 Å². The van der Waals surface area contributed by atoms with E-state index in [-0.39, 0.29) is 17.6 Å². The van der Waals surface area contributed by atoms with Crippen LogP contribution in [0.4, 0.5) is 10.3 Å². The van der Waals surface area contributed by atoms with Crippen LogP contribution >= 0.6 is 0 Å². The number of fused-ring (bicyclic) bond motifs is 1. The standard InChI is InChI=1S/C17H13FN4O/c18-12-7-5-11(6-8-12)15-9-14(13-3-1-2-4-16(13)23)21-17-19-10-20-22(15)17/h1-10,15,23H,(H,19,20,21)/t15-/m1/s1. The maximum absolute atomic E-state index is 13.2. The molecule has 5 nitrogen and oxygen atoms in total. The number of phenolic OH excluding ortho intramolecular Hbond substituents is 1. The van der Waals surface area contributed by atoms with Gasteiger partial charge < -0.3 is 10.4 Å². The molecule has 114 valence electrons. The van der Waals surface area contributed by atoms with E-state index in [9.17, 15) is 9.50 Å². The van der Waals surface area contributed by atoms with Gasteiger partial charge in [-0.15, -0.1) is 0 Å². The van der Waals surface area contributed by atoms with E-state index in [1.165, 1.54) is 18.5 Å². The third kappa shape index (κ3) is 2.34. The third-order valence-corrected chi connectivity index (χ3v) is 3.81. The number of hydrogen-bond donors (Lipinski definition) is 2. The van der Waals surface area contributed by atoms with Crippen molar-refractivity contribution in [3.63, 3.8) is 0 Å². The topological polar surface area (TPSA) is 63.0 Å². The minimum atomic E-state index is -0.286. The molecule has 0 fully saturated rings. The molecule has 2 heterocycles. The highest BCUT2D eigenvalue weighted by molar-refractivity contribution is 5.79. The van der Waals surface area contributed by atoms with Gasteiger partial charge in [0.15, 0.2) is 0 Å². The molecule has 1 atom stereocenters. The SMILES string of the molecule is Oc1ccccc1C1=C[C@H](c2ccc(F)cc2)n2ncnc2N1. The Hall–Kier alpha value is -3.15. The molecule has 0 saturated carbocycles. The summed E-state index contributed by atoms with van der Waals surface area (Å²) in [4.78, 5) is 4.20. The van der Waals surface area contributed by atoms with Gasteiger partial charge >= 0.3 is 0 Å². The Labute approximate surface area is 131 Å². The van der Waals surface area contributed by atoms with Gasteiger partial charge in [-0.25, -0.2) is 9.07 Å². The molecule has 0 spiro atoms. The molecule has 23 heavy (non-hydrogen) atoms. The van der Waals surface area contributed by atoms with Gasteiger partial charge in [0.25, 0.3) is 0 Å². The summed E-state index contributed by atoms with van der Waals surface area (Å²) in [5.74, 6) is 0.462. The van der Waals surface area contributed by atoms with Crippen molar-refractivity contribution in [1.29, 1.82) is 0 Å². The summed E-state index contributed by atoms with van der Waals surface area (Å²) in [7, 11) is 0. The van der Waals surface area contributed by atoms with E-state index in [1.807, 2.05) is 18.2 Å². The van der Waals surface area contributed by atoms with E-state index in [0.29, 0.717) is 11.5 Å². The van der Waals surface area contributed by atoms with Gasteiger partial charge in [0.05, 0.1) is 5.70 Å². The number of nitrogens with one attached hydrogen (secondary N) is 1. The van der Waals surface area contributed by atoms with E-state index in [0.717, 1.165) is 11.3 Å². The highest BCUT2D eigenvalue weighted by Gasteiger charge is 2.24. The van der Waals surface area contributed by atoms with Crippen LogP contribution in [0.15, 0.2) is 60.9 Å². The molecule has 0 aliphatic carbocycles. The van der Waals surface area contributed by atoms with Crippen molar-refractivity contribution in [2.75, 3.05) is 5.32 Å². The Morgan fingerprint density at radius 2 is 1.87 bits per heavy atom. The first-order valence-corrected chi connectivity index (χ1v) is 7.14. The molecule has 0 saturated heterocycles. The Kier molecular flexibility index (Phi) is 3.08. The predicted octanol–water partition coefficient (Wildman–Crippen LogP) is 3.18. The number of para-hydroxylation sites is 1. The number of benzene rings is 2. The lowest BCUT2D eigenvalue weighted by Gasteiger charge is -2.24. The third-order valence-electron chi connectivity index (χ3n) is 3.81. The second kappa shape index (κ2) is 5.24. The summed E-state index contributed by atoms with van der Waals surface area (Å²) in [5.41, 5.74) is 2.29. The zero-order valence-electron chi connectivity index (χ0n) is 12.0. The molecule has 1 aliphatic heterocycles. The van der Waals surface area contributed by atoms with Crippen LogP contribution in [-0.4, -0.2) is 19.9 Å². The molecule has 3 aromatic rings. The van der Waals surface area contributed by atoms with Gasteiger partial charge in [-0.2, -0.15) is 10.1 Å². The van der Waals surface area contributed by atoms with Gasteiger partial charge in [-0.1, -0.05) is 24.3 Å². The first kappa shape index (κ1) is 13.5. The number of rotatable bonds is 2. The van der Waals surface area contributed by atoms with E-state index in [4.69, 9.17) is 0 Å². The average molecular weight is 308 g/mol. The number of halogens is 1. The van der Waals surface area contributed by atoms with Gasteiger partial charge in [0.1, 0.15) is 23.9 Å². The van der Waals surface area contributed by atoms with E-state index in [1.54, 1.807) is 28.9 Å². The summed E-state index contributed by atoms with van der Waals surface area (Å²) in [6, 6.07) is 13.1. The second-order valence-electron chi connectivity index (χ2n) is 5.25. The molecule has 2 aromatic carbocycles. The number of hydrogen-bond acceptors (Lipinski definition) is 4. The number of anilines is 1. The molecule has 0 amide bonds. The van der Waals surface area contributed by atoms with E-state index >= 15 is 0 Å². The van der Waals surface area contributed by atoms with E-state index in [2.05, 4.69) is 15.4 Å². The van der Waals surface area contributed by atoms with Gasteiger partial charge in [-0.3, -0.25) is 0 Å². The predicted molar refractivity (Wildman–Crippen MR) is 84.3 cm³/mol. The van der Waals surface area contributed by atoms with Crippen LogP contribution in [0.25, 0.3) is 5.70 Å². The Morgan fingerprint density at radius 3 is 2.65 bits per heavy atom. The lowest BCUT2D eigenvalue weighted by Crippen LogP contribution is -2.20. The van der Waals surface area contributed by atoms with Crippen molar-refractivity contribution in [1.82, 2.24) is 14.8 Å². The molecule has 0 radical (unpaired) electrons. The zero-order chi connectivity index (χ0) is 15.8. The van der Waals surface area contributed by atoms with Gasteiger partial charge in [-0.05, 0) is 35.9 Å². The Bertz CT molecular complexity index is 886. The lowest BCUT2D eigenvalue weighted by molar-refractivity contribution is 0.473. The molecule has 0 bridgehead atoms. The number of nitrogens with zero attached hydrogens (tertiary/aromatic N) is 3. The molecular formula is C17H13FN4O. The molecular weight excluding hydrogens is 295 g/mol. The first-order valence-electron chi connectivity index (χ1n) is 7.14. The summed E-state index contributed by atoms with van der Waals surface area (Å²) < 4.78 is 14.9. The van der Waals surface area contributed by atoms with Crippen LogP contribution in [-0.2, 0) is 0 Å². The van der Waals surface area contributed by atoms with Crippen molar-refractivity contribution < 1.29 is 9.50 Å². The summed E-state index contributed by atoms with van der Waals surface area (Å²) in [6.07, 6.45) is 3.39. The number of allylic oxidation sites excluding steroid dienone is 1. The smallest absolute Gasteiger partial charge is 0.226 e. The Morgan fingerprint density at radius 1 is 1.09 bits per heavy atom. The molecule has 0 unspecified atom stereocenters. The minimum absolute atomic E-state index is 0.178. The number of aromatic nitrogens is 3. The van der Waals surface area contributed by atoms with Gasteiger partial charge in [0.2, 0.25) is 5.95 Å². The Balaban J connectivity index is 1.83. The highest BCUT2D eigenvalue weighted by atomic mass is 19.1. The zero-order valence-corrected chi connectivity index (χ0v) is 12.0. The second-order valence-corrected chi connectivity index (χ2v) is 5.25. The maximum atomic E-state index is 13.2. The monoisotopic (exact) mass is 308 g/mol. The van der Waals surface area contributed by atoms with Crippen LogP contribution in [0.5, 0.6) is 5.75 Å². The summed E-state index contributed by atoms with van der Waals surface area (Å²) in [6.45, 7) is 0. The van der Waals surface area contributed by atoms with Gasteiger partial charge in [0, 0.05) is 5.56 Å². The van der Waals surface area contributed by atoms with Crippen LogP contribution in [0.1, 0.15) is 17.2 Å². The number of aromatic hydroxyl groups is 1. The van der Waals surface area contributed by atoms with Crippen molar-refractivity contribution in [3.05, 3.63) is 77.9 Å². The minimum Gasteiger partial charge on any atom is -0.507 e. The molecule has 1 aromatic heterocycles. The average Bonchev–Trinajstić information content (AvgIpc) is 3.04. The number of phenols is 1. The quantitative estimate of drug-likeness (QED) is 0.763. The van der Waals surface area contributed by atoms with Crippen molar-refractivity contribution in [2.24, 2.45) is 0 Å². The van der Waals surface area contributed by atoms with Crippen molar-refractivity contribution in [3.8, 4) is 5.75 Å². The van der Waals surface area contributed by atoms with Crippen molar-refractivity contribution in [2.45, 2.75) is 6.04 Å². The van der Waals surface area contributed by atoms with Crippen molar-refractivity contribution >= 4 is 11.6 Å². The van der Waals surface area contributed by atoms with Crippen LogP contribution in [0, 0.1) is 5.82 Å². The molecule has 1 aliphatic rings. The fourth-order valence-electron chi connectivity index (χ4n) is 2.69. The molecule has 6 heteroatoms. The highest BCUT2D eigenvalue weighted by Crippen LogP contribution is 2.34. The van der Waals surface area contributed by atoms with Crippen LogP contribution in [0.3, 0.4) is 0 Å². The molecule has 4 rings (SSSR count). The normalized spacial score (nSPS) is 16.4. The van der Waals surface area contributed by atoms with Crippen LogP contribution < -0.4 is 5.32 Å². The first-order chi connectivity index (χ1) is 11.2. The summed E-state index contributed by atoms with van der Waals surface area (Å²) >= 11 is 0. The van der Waals surface area contributed by atoms with Crippen LogP contribution in [0.2, 0.25) is 0 Å². The summed E-state index contributed by atoms with van der Waals surface area (Å²) in [5, 5.41) is 17.5.